The van der Waals surface area contributed by atoms with E-state index in [-0.39, 0.29) is 5.91 Å². The summed E-state index contributed by atoms with van der Waals surface area (Å²) in [5.41, 5.74) is 3.63. The second-order valence-electron chi connectivity index (χ2n) is 6.15. The Morgan fingerprint density at radius 1 is 1.48 bits per heavy atom. The van der Waals surface area contributed by atoms with E-state index < -0.39 is 0 Å². The number of aromatic nitrogens is 1. The van der Waals surface area contributed by atoms with E-state index in [1.807, 2.05) is 17.5 Å². The molecule has 1 aliphatic heterocycles. The number of amides is 1. The van der Waals surface area contributed by atoms with Crippen molar-refractivity contribution in [1.82, 2.24) is 15.2 Å². The number of hydrogen-bond acceptors (Lipinski definition) is 4. The zero-order valence-electron chi connectivity index (χ0n) is 13.7. The quantitative estimate of drug-likeness (QED) is 0.914. The van der Waals surface area contributed by atoms with Gasteiger partial charge in [-0.25, -0.2) is 0 Å². The predicted molar refractivity (Wildman–Crippen MR) is 93.2 cm³/mol. The molecule has 1 N–H and O–H groups in total. The van der Waals surface area contributed by atoms with Crippen molar-refractivity contribution < 1.29 is 4.79 Å². The number of aryl methyl sites for hydroxylation is 1. The van der Waals surface area contributed by atoms with Crippen molar-refractivity contribution in [2.45, 2.75) is 45.8 Å². The lowest BCUT2D eigenvalue weighted by Gasteiger charge is -2.25. The number of nitrogens with one attached hydrogen (secondary N) is 1. The summed E-state index contributed by atoms with van der Waals surface area (Å²) in [6, 6.07) is 6.90. The van der Waals surface area contributed by atoms with Gasteiger partial charge in [0.15, 0.2) is 0 Å². The smallest absolute Gasteiger partial charge is 0.217 e. The van der Waals surface area contributed by atoms with Crippen LogP contribution in [0.5, 0.6) is 0 Å². The van der Waals surface area contributed by atoms with Crippen LogP contribution in [0.2, 0.25) is 0 Å². The second kappa shape index (κ2) is 7.23. The van der Waals surface area contributed by atoms with E-state index in [1.165, 1.54) is 35.8 Å². The van der Waals surface area contributed by atoms with Crippen molar-refractivity contribution >= 4 is 17.2 Å². The number of carbonyl (C=O) groups excluding carboxylic acids is 1. The van der Waals surface area contributed by atoms with E-state index in [1.54, 1.807) is 0 Å². The van der Waals surface area contributed by atoms with Crippen molar-refractivity contribution in [1.29, 1.82) is 0 Å². The van der Waals surface area contributed by atoms with Crippen molar-refractivity contribution in [3.8, 4) is 0 Å². The summed E-state index contributed by atoms with van der Waals surface area (Å²) in [7, 11) is 0. The van der Waals surface area contributed by atoms with Crippen LogP contribution in [0.15, 0.2) is 29.8 Å². The van der Waals surface area contributed by atoms with Gasteiger partial charge in [0, 0.05) is 30.6 Å². The summed E-state index contributed by atoms with van der Waals surface area (Å²) in [6.45, 7) is 6.39. The van der Waals surface area contributed by atoms with Gasteiger partial charge in [0.25, 0.3) is 0 Å². The van der Waals surface area contributed by atoms with Gasteiger partial charge in [0.05, 0.1) is 12.2 Å². The van der Waals surface area contributed by atoms with Crippen LogP contribution >= 0.6 is 11.3 Å². The third kappa shape index (κ3) is 3.98. The Morgan fingerprint density at radius 3 is 3.09 bits per heavy atom. The molecule has 122 valence electrons. The zero-order chi connectivity index (χ0) is 16.2. The molecule has 2 aromatic heterocycles. The molecule has 2 aromatic rings. The molecule has 1 amide bonds. The van der Waals surface area contributed by atoms with Crippen LogP contribution < -0.4 is 5.32 Å². The van der Waals surface area contributed by atoms with Crippen LogP contribution in [-0.2, 0) is 17.9 Å². The number of nitrogens with zero attached hydrogens (tertiary/aromatic N) is 2. The van der Waals surface area contributed by atoms with Crippen LogP contribution in [0.1, 0.15) is 47.5 Å². The molecular weight excluding hydrogens is 306 g/mol. The van der Waals surface area contributed by atoms with E-state index in [0.717, 1.165) is 18.8 Å². The molecule has 0 spiro atoms. The zero-order valence-corrected chi connectivity index (χ0v) is 14.5. The number of pyridine rings is 1. The van der Waals surface area contributed by atoms with Gasteiger partial charge in [-0.15, -0.1) is 11.3 Å². The van der Waals surface area contributed by atoms with Crippen molar-refractivity contribution in [3.63, 3.8) is 0 Å². The summed E-state index contributed by atoms with van der Waals surface area (Å²) in [6.07, 6.45) is 4.28. The predicted octanol–water partition coefficient (Wildman–Crippen LogP) is 3.42. The summed E-state index contributed by atoms with van der Waals surface area (Å²) in [4.78, 5) is 19.5. The maximum Gasteiger partial charge on any atom is 0.217 e. The highest BCUT2D eigenvalue weighted by molar-refractivity contribution is 7.10. The Bertz CT molecular complexity index is 682. The third-order valence-electron chi connectivity index (χ3n) is 4.42. The average Bonchev–Trinajstić information content (AvgIpc) is 3.16. The minimum absolute atomic E-state index is 0.0205. The van der Waals surface area contributed by atoms with Gasteiger partial charge in [-0.3, -0.25) is 14.7 Å². The minimum atomic E-state index is -0.0205. The Labute approximate surface area is 141 Å². The van der Waals surface area contributed by atoms with Crippen LogP contribution in [0.3, 0.4) is 0 Å². The number of thiophene rings is 1. The van der Waals surface area contributed by atoms with Crippen LogP contribution in [0.4, 0.5) is 0 Å². The van der Waals surface area contributed by atoms with Crippen LogP contribution in [-0.4, -0.2) is 22.3 Å². The molecule has 1 unspecified atom stereocenters. The first kappa shape index (κ1) is 16.1. The molecule has 1 saturated heterocycles. The summed E-state index contributed by atoms with van der Waals surface area (Å²) >= 11 is 1.85. The Morgan fingerprint density at radius 2 is 2.35 bits per heavy atom. The average molecular weight is 329 g/mol. The largest absolute Gasteiger partial charge is 0.351 e. The van der Waals surface area contributed by atoms with Gasteiger partial charge < -0.3 is 5.32 Å². The number of hydrogen-bond donors (Lipinski definition) is 1. The first-order valence-corrected chi connectivity index (χ1v) is 8.98. The molecule has 1 atom stereocenters. The fraction of sp³-hybridized carbons (Fsp3) is 0.444. The van der Waals surface area contributed by atoms with Gasteiger partial charge in [0.1, 0.15) is 0 Å². The molecule has 0 bridgehead atoms. The first-order chi connectivity index (χ1) is 11.1. The van der Waals surface area contributed by atoms with Gasteiger partial charge in [-0.2, -0.15) is 0 Å². The summed E-state index contributed by atoms with van der Waals surface area (Å²) in [5, 5.41) is 5.00. The van der Waals surface area contributed by atoms with E-state index in [2.05, 4.69) is 45.7 Å². The maximum atomic E-state index is 11.1. The molecule has 0 radical (unpaired) electrons. The lowest BCUT2D eigenvalue weighted by Crippen LogP contribution is -2.23. The molecule has 0 aliphatic carbocycles. The van der Waals surface area contributed by atoms with E-state index in [9.17, 15) is 4.79 Å². The standard InChI is InChI=1S/C18H23N3OS/c1-13-6-9-23-18(13)12-21-8-3-4-17(21)15-5-7-19-16(10-15)11-20-14(2)22/h5-7,9-10,17H,3-4,8,11-12H2,1-2H3,(H,20,22). The highest BCUT2D eigenvalue weighted by atomic mass is 32.1. The van der Waals surface area contributed by atoms with Gasteiger partial charge in [-0.05, 0) is 61.0 Å². The van der Waals surface area contributed by atoms with E-state index >= 15 is 0 Å². The van der Waals surface area contributed by atoms with Gasteiger partial charge in [-0.1, -0.05) is 0 Å². The fourth-order valence-corrected chi connectivity index (χ4v) is 4.09. The highest BCUT2D eigenvalue weighted by Crippen LogP contribution is 2.34. The number of carbonyl (C=O) groups is 1. The lowest BCUT2D eigenvalue weighted by atomic mass is 10.0. The molecule has 5 heteroatoms. The van der Waals surface area contributed by atoms with E-state index in [0.29, 0.717) is 12.6 Å². The molecule has 0 saturated carbocycles. The number of rotatable bonds is 5. The summed E-state index contributed by atoms with van der Waals surface area (Å²) < 4.78 is 0. The minimum Gasteiger partial charge on any atom is -0.351 e. The van der Waals surface area contributed by atoms with Gasteiger partial charge >= 0.3 is 0 Å². The fourth-order valence-electron chi connectivity index (χ4n) is 3.16. The Kier molecular flexibility index (Phi) is 5.08. The SMILES string of the molecule is CC(=O)NCc1cc(C2CCCN2Cc2sccc2C)ccn1. The van der Waals surface area contributed by atoms with Gasteiger partial charge in [0.2, 0.25) is 5.91 Å². The van der Waals surface area contributed by atoms with Crippen molar-refractivity contribution in [3.05, 3.63) is 51.5 Å². The first-order valence-electron chi connectivity index (χ1n) is 8.10. The molecule has 1 fully saturated rings. The van der Waals surface area contributed by atoms with E-state index in [4.69, 9.17) is 0 Å². The monoisotopic (exact) mass is 329 g/mol. The molecule has 3 rings (SSSR count). The van der Waals surface area contributed by atoms with Crippen molar-refractivity contribution in [2.24, 2.45) is 0 Å². The Hall–Kier alpha value is -1.72. The molecule has 4 nitrogen and oxygen atoms in total. The second-order valence-corrected chi connectivity index (χ2v) is 7.15. The molecular formula is C18H23N3OS. The topological polar surface area (TPSA) is 45.2 Å². The van der Waals surface area contributed by atoms with Crippen molar-refractivity contribution in [2.75, 3.05) is 6.54 Å². The normalized spacial score (nSPS) is 18.3. The third-order valence-corrected chi connectivity index (χ3v) is 5.43. The highest BCUT2D eigenvalue weighted by Gasteiger charge is 2.26. The van der Waals surface area contributed by atoms with Crippen LogP contribution in [0.25, 0.3) is 0 Å². The maximum absolute atomic E-state index is 11.1. The lowest BCUT2D eigenvalue weighted by molar-refractivity contribution is -0.119. The van der Waals surface area contributed by atoms with Crippen LogP contribution in [0, 0.1) is 6.92 Å². The Balaban J connectivity index is 1.73. The molecule has 23 heavy (non-hydrogen) atoms. The molecule has 3 heterocycles. The molecule has 1 aliphatic rings. The molecule has 0 aromatic carbocycles. The number of likely N-dealkylation sites (tertiary alicyclic amines) is 1. The summed E-state index contributed by atoms with van der Waals surface area (Å²) in [5.74, 6) is -0.0205.